The van der Waals surface area contributed by atoms with Crippen LogP contribution in [0.4, 0.5) is 0 Å². The van der Waals surface area contributed by atoms with Gasteiger partial charge < -0.3 is 43.4 Å². The number of aromatic nitrogens is 6. The molecule has 0 aliphatic heterocycles. The van der Waals surface area contributed by atoms with Gasteiger partial charge in [-0.3, -0.25) is 28.8 Å². The van der Waals surface area contributed by atoms with Crippen molar-refractivity contribution in [2.45, 2.75) is 72.4 Å². The van der Waals surface area contributed by atoms with Gasteiger partial charge in [-0.05, 0) is 167 Å². The molecule has 0 fully saturated rings. The number of H-pyrrole nitrogens is 2. The minimum atomic E-state index is -1.33. The molecule has 19 nitrogen and oxygen atoms in total. The number of ketones is 2. The summed E-state index contributed by atoms with van der Waals surface area (Å²) in [6, 6.07) is 35.9. The van der Waals surface area contributed by atoms with Gasteiger partial charge in [-0.2, -0.15) is 0 Å². The number of ether oxygens (including phenoxy) is 2. The summed E-state index contributed by atoms with van der Waals surface area (Å²) in [5.74, 6) is -1.76. The van der Waals surface area contributed by atoms with Crippen molar-refractivity contribution >= 4 is 56.3 Å². The second-order valence-electron chi connectivity index (χ2n) is 20.5. The normalized spacial score (nSPS) is 11.6. The molecule has 6 aromatic heterocycles. The van der Waals surface area contributed by atoms with Crippen LogP contribution in [-0.2, 0) is 22.7 Å². The van der Waals surface area contributed by atoms with Gasteiger partial charge in [0.2, 0.25) is 11.6 Å². The molecular weight excluding hydrogens is 1060 g/mol. The van der Waals surface area contributed by atoms with E-state index < -0.39 is 47.5 Å². The fraction of sp³-hybridized carbons (Fsp3) is 0.250. The number of rotatable bonds is 25. The molecule has 0 aliphatic carbocycles. The number of aliphatic carboxylic acids is 2. The number of benzene rings is 4. The lowest BCUT2D eigenvalue weighted by atomic mass is 9.98. The first-order chi connectivity index (χ1) is 40.1. The van der Waals surface area contributed by atoms with Crippen LogP contribution in [0.25, 0.3) is 55.1 Å². The standard InChI is InChI=1S/C64H61N7O12/c1-4-67(29-9-5-13-33-82-45-23-17-41(18-24-45)55-39(2)57(68-31-11-7-15-51(55)68)59(76)43-21-27-47-49(35-43)65-63(80)70(61(47)78)37-53(72)73)30-10-6-14-34-83-46-25-19-42(20-26-46)56-40(3)58(69-32-12-8-16-52(56)69)60(77)44-22-28-48-50(36-44)66-64(81)71(62(48)79)38-54(74)75/h7-8,11-12,15-28,31-32,35-36H,4-6,9-10,13-14,29-30,33-34,37-38H2,1-3H3,(H,65,80)(H,66,81)(H,72,73)(H,74,75). The lowest BCUT2D eigenvalue weighted by molar-refractivity contribution is -0.138. The molecule has 6 heterocycles. The number of pyridine rings is 2. The van der Waals surface area contributed by atoms with Crippen molar-refractivity contribution in [3.05, 3.63) is 209 Å². The Balaban J connectivity index is 0.665. The highest BCUT2D eigenvalue weighted by Gasteiger charge is 2.26. The number of hydrogen-bond donors (Lipinski definition) is 4. The van der Waals surface area contributed by atoms with Crippen LogP contribution in [0.5, 0.6) is 11.5 Å². The Morgan fingerprint density at radius 2 is 0.928 bits per heavy atom. The number of aromatic amines is 2. The molecule has 0 unspecified atom stereocenters. The van der Waals surface area contributed by atoms with Crippen molar-refractivity contribution in [1.29, 1.82) is 0 Å². The van der Waals surface area contributed by atoms with E-state index in [0.29, 0.717) is 33.7 Å². The van der Waals surface area contributed by atoms with E-state index in [0.717, 1.165) is 114 Å². The molecular formula is C64H61N7O12. The van der Waals surface area contributed by atoms with Crippen LogP contribution in [0.1, 0.15) is 88.7 Å². The number of unbranched alkanes of at least 4 members (excludes halogenated alkanes) is 4. The third-order valence-corrected chi connectivity index (χ3v) is 15.2. The van der Waals surface area contributed by atoms with Crippen LogP contribution in [0.3, 0.4) is 0 Å². The van der Waals surface area contributed by atoms with Crippen molar-refractivity contribution in [1.82, 2.24) is 32.8 Å². The van der Waals surface area contributed by atoms with E-state index in [1.807, 2.05) is 120 Å². The van der Waals surface area contributed by atoms with E-state index in [2.05, 4.69) is 21.8 Å². The molecule has 4 aromatic carbocycles. The van der Waals surface area contributed by atoms with E-state index in [1.54, 1.807) is 0 Å². The van der Waals surface area contributed by atoms with Crippen molar-refractivity contribution in [2.75, 3.05) is 32.8 Å². The fourth-order valence-corrected chi connectivity index (χ4v) is 11.0. The Labute approximate surface area is 474 Å². The maximum atomic E-state index is 14.2. The topological polar surface area (TPSA) is 249 Å². The fourth-order valence-electron chi connectivity index (χ4n) is 11.0. The number of hydrogen-bond acceptors (Lipinski definition) is 11. The van der Waals surface area contributed by atoms with Gasteiger partial charge in [0.1, 0.15) is 24.6 Å². The number of nitrogens with one attached hydrogen (secondary N) is 2. The highest BCUT2D eigenvalue weighted by molar-refractivity contribution is 6.14. The Hall–Kier alpha value is -9.88. The Kier molecular flexibility index (Phi) is 16.6. The molecule has 0 saturated carbocycles. The summed E-state index contributed by atoms with van der Waals surface area (Å²) < 4.78 is 17.2. The van der Waals surface area contributed by atoms with Crippen molar-refractivity contribution in [3.63, 3.8) is 0 Å². The van der Waals surface area contributed by atoms with Crippen LogP contribution < -0.4 is 32.0 Å². The Morgan fingerprint density at radius 1 is 0.518 bits per heavy atom. The number of fused-ring (bicyclic) bond motifs is 4. The summed E-state index contributed by atoms with van der Waals surface area (Å²) in [7, 11) is 0. The van der Waals surface area contributed by atoms with Gasteiger partial charge in [0.15, 0.2) is 0 Å². The van der Waals surface area contributed by atoms with Gasteiger partial charge in [0.25, 0.3) is 11.1 Å². The zero-order valence-corrected chi connectivity index (χ0v) is 46.1. The largest absolute Gasteiger partial charge is 0.494 e. The highest BCUT2D eigenvalue weighted by atomic mass is 16.5. The molecule has 424 valence electrons. The van der Waals surface area contributed by atoms with E-state index in [4.69, 9.17) is 19.7 Å². The van der Waals surface area contributed by atoms with Gasteiger partial charge in [0.05, 0.1) is 57.4 Å². The van der Waals surface area contributed by atoms with Crippen molar-refractivity contribution < 1.29 is 38.9 Å². The second kappa shape index (κ2) is 24.5. The average molecular weight is 1120 g/mol. The maximum absolute atomic E-state index is 14.2. The molecule has 0 amide bonds. The summed E-state index contributed by atoms with van der Waals surface area (Å²) in [6.45, 7) is 8.59. The summed E-state index contributed by atoms with van der Waals surface area (Å²) in [4.78, 5) is 110. The van der Waals surface area contributed by atoms with Crippen LogP contribution in [-0.4, -0.2) is 99.4 Å². The number of carbonyl (C=O) groups excluding carboxylic acids is 2. The molecule has 19 heteroatoms. The van der Waals surface area contributed by atoms with Gasteiger partial charge in [0, 0.05) is 34.6 Å². The zero-order valence-electron chi connectivity index (χ0n) is 46.1. The molecule has 10 rings (SSSR count). The SMILES string of the molecule is CCN(CCCCCOc1ccc(-c2c(C)c(C(=O)c3ccc4c(=O)n(CC(=O)O)c(=O)[nH]c4c3)n3ccccc23)cc1)CCCCCOc1ccc(-c2c(C)c(C(=O)c3ccc4c(=O)n(CC(=O)O)c(=O)[nH]c4c3)n3ccccc23)cc1. The number of nitrogens with zero attached hydrogens (tertiary/aromatic N) is 5. The first-order valence-electron chi connectivity index (χ1n) is 27.6. The van der Waals surface area contributed by atoms with E-state index >= 15 is 0 Å². The summed E-state index contributed by atoms with van der Waals surface area (Å²) in [5, 5.41) is 18.5. The van der Waals surface area contributed by atoms with E-state index in [9.17, 15) is 38.4 Å². The highest BCUT2D eigenvalue weighted by Crippen LogP contribution is 2.37. The Morgan fingerprint density at radius 3 is 1.31 bits per heavy atom. The lowest BCUT2D eigenvalue weighted by Gasteiger charge is -2.20. The van der Waals surface area contributed by atoms with Gasteiger partial charge >= 0.3 is 23.3 Å². The molecule has 10 aromatic rings. The van der Waals surface area contributed by atoms with Crippen LogP contribution in [0.2, 0.25) is 0 Å². The third-order valence-electron chi connectivity index (χ3n) is 15.2. The smallest absolute Gasteiger partial charge is 0.329 e. The number of carboxylic acid groups (broad SMARTS) is 2. The monoisotopic (exact) mass is 1120 g/mol. The summed E-state index contributed by atoms with van der Waals surface area (Å²) in [6.07, 6.45) is 9.67. The second-order valence-corrected chi connectivity index (χ2v) is 20.5. The first kappa shape index (κ1) is 56.4. The molecule has 0 radical (unpaired) electrons. The van der Waals surface area contributed by atoms with Gasteiger partial charge in [-0.1, -0.05) is 55.5 Å². The lowest BCUT2D eigenvalue weighted by Crippen LogP contribution is -2.37. The molecule has 0 aliphatic rings. The zero-order chi connectivity index (χ0) is 58.5. The van der Waals surface area contributed by atoms with E-state index in [1.165, 1.54) is 36.4 Å². The van der Waals surface area contributed by atoms with E-state index in [-0.39, 0.29) is 44.5 Å². The third kappa shape index (κ3) is 11.7. The first-order valence-corrected chi connectivity index (χ1v) is 27.6. The molecule has 4 N–H and O–H groups in total. The minimum absolute atomic E-state index is 0.0943. The molecule has 0 bridgehead atoms. The molecule has 0 spiro atoms. The predicted octanol–water partition coefficient (Wildman–Crippen LogP) is 8.90. The van der Waals surface area contributed by atoms with Gasteiger partial charge in [-0.25, -0.2) is 18.7 Å². The number of carboxylic acids is 2. The van der Waals surface area contributed by atoms with Crippen molar-refractivity contribution in [2.24, 2.45) is 0 Å². The average Bonchev–Trinajstić information content (AvgIpc) is 3.06. The quantitative estimate of drug-likeness (QED) is 0.0309. The maximum Gasteiger partial charge on any atom is 0.329 e. The minimum Gasteiger partial charge on any atom is -0.494 e. The van der Waals surface area contributed by atoms with Crippen LogP contribution in [0, 0.1) is 13.8 Å². The molecule has 83 heavy (non-hydrogen) atoms. The van der Waals surface area contributed by atoms with Gasteiger partial charge in [-0.15, -0.1) is 0 Å². The predicted molar refractivity (Wildman–Crippen MR) is 316 cm³/mol. The Bertz CT molecular complexity index is 4110. The van der Waals surface area contributed by atoms with Crippen LogP contribution in [0.15, 0.2) is 153 Å². The summed E-state index contributed by atoms with van der Waals surface area (Å²) in [5.41, 5.74) is 5.18. The van der Waals surface area contributed by atoms with Crippen LogP contribution >= 0.6 is 0 Å². The molecule has 0 saturated heterocycles. The van der Waals surface area contributed by atoms with Crippen molar-refractivity contribution in [3.8, 4) is 33.8 Å². The summed E-state index contributed by atoms with van der Waals surface area (Å²) >= 11 is 0. The molecule has 0 atom stereocenters. The number of carbonyl (C=O) groups is 4.